The number of aliphatic hydroxyl groups excluding tert-OH is 1. The Labute approximate surface area is 114 Å². The van der Waals surface area contributed by atoms with Gasteiger partial charge in [0.15, 0.2) is 11.6 Å². The van der Waals surface area contributed by atoms with Gasteiger partial charge in [0.1, 0.15) is 6.10 Å². The minimum Gasteiger partial charge on any atom is -0.515 e. The zero-order valence-corrected chi connectivity index (χ0v) is 10.7. The molecule has 0 aliphatic heterocycles. The maximum atomic E-state index is 13.5. The predicted octanol–water partition coefficient (Wildman–Crippen LogP) is 2.59. The lowest BCUT2D eigenvalue weighted by atomic mass is 10.0. The predicted molar refractivity (Wildman–Crippen MR) is 69.4 cm³/mol. The highest BCUT2D eigenvalue weighted by atomic mass is 35.5. The Bertz CT molecular complexity index is 572. The molecule has 0 spiro atoms. The largest absolute Gasteiger partial charge is 0.515 e. The van der Waals surface area contributed by atoms with Gasteiger partial charge in [0.25, 0.3) is 0 Å². The van der Waals surface area contributed by atoms with Crippen LogP contribution in [0.2, 0.25) is 5.28 Å². The molecular weight excluding hydrogens is 273 g/mol. The minimum atomic E-state index is -0.623. The third-order valence-corrected chi connectivity index (χ3v) is 2.66. The summed E-state index contributed by atoms with van der Waals surface area (Å²) in [5.74, 6) is -0.661. The molecule has 0 fully saturated rings. The van der Waals surface area contributed by atoms with Crippen molar-refractivity contribution in [2.24, 2.45) is 0 Å². The van der Waals surface area contributed by atoms with Crippen LogP contribution in [0.15, 0.2) is 42.0 Å². The molecule has 0 radical (unpaired) electrons. The highest BCUT2D eigenvalue weighted by Crippen LogP contribution is 2.21. The Hall–Kier alpha value is -1.92. The van der Waals surface area contributed by atoms with Crippen LogP contribution in [0.25, 0.3) is 0 Å². The van der Waals surface area contributed by atoms with Gasteiger partial charge in [-0.3, -0.25) is 0 Å². The maximum absolute atomic E-state index is 13.5. The molecule has 1 aromatic rings. The van der Waals surface area contributed by atoms with Gasteiger partial charge in [0.2, 0.25) is 5.28 Å². The molecule has 2 N–H and O–H groups in total. The fourth-order valence-corrected chi connectivity index (χ4v) is 1.72. The maximum Gasteiger partial charge on any atom is 0.224 e. The molecular formula is C12H11ClFN3O2. The molecule has 1 aliphatic carbocycles. The van der Waals surface area contributed by atoms with Gasteiger partial charge in [-0.05, 0) is 29.8 Å². The van der Waals surface area contributed by atoms with E-state index in [2.05, 4.69) is 15.3 Å². The van der Waals surface area contributed by atoms with Gasteiger partial charge < -0.3 is 15.2 Å². The van der Waals surface area contributed by atoms with Gasteiger partial charge in [-0.15, -0.1) is 0 Å². The van der Waals surface area contributed by atoms with Gasteiger partial charge >= 0.3 is 0 Å². The average molecular weight is 284 g/mol. The molecule has 1 aromatic heterocycles. The molecule has 100 valence electrons. The smallest absolute Gasteiger partial charge is 0.224 e. The van der Waals surface area contributed by atoms with Gasteiger partial charge in [-0.25, -0.2) is 9.37 Å². The number of hydrogen-bond donors (Lipinski definition) is 2. The first-order valence-corrected chi connectivity index (χ1v) is 5.74. The first-order chi connectivity index (χ1) is 9.13. The Kier molecular flexibility index (Phi) is 4.13. The molecule has 0 amide bonds. The van der Waals surface area contributed by atoms with Crippen molar-refractivity contribution in [3.05, 3.63) is 53.1 Å². The molecule has 5 nitrogen and oxygen atoms in total. The van der Waals surface area contributed by atoms with E-state index in [1.54, 1.807) is 18.2 Å². The number of halogens is 2. The van der Waals surface area contributed by atoms with E-state index in [4.69, 9.17) is 21.4 Å². The summed E-state index contributed by atoms with van der Waals surface area (Å²) >= 11 is 5.60. The number of methoxy groups -OCH3 is 1. The Balaban J connectivity index is 2.23. The standard InChI is InChI=1S/C12H11ClFN3O2/c1-19-10-3-2-8(4-7(10)6-18)16-11-9(14)5-15-12(13)17-11/h2-6,10,18H,1H3,(H,15,16,17). The van der Waals surface area contributed by atoms with Crippen molar-refractivity contribution in [3.8, 4) is 0 Å². The van der Waals surface area contributed by atoms with Crippen molar-refractivity contribution in [1.29, 1.82) is 0 Å². The van der Waals surface area contributed by atoms with Crippen LogP contribution in [0.3, 0.4) is 0 Å². The van der Waals surface area contributed by atoms with Crippen molar-refractivity contribution >= 4 is 17.4 Å². The van der Waals surface area contributed by atoms with E-state index in [0.29, 0.717) is 11.3 Å². The minimum absolute atomic E-state index is 0.0379. The number of nitrogens with zero attached hydrogens (tertiary/aromatic N) is 2. The molecule has 0 saturated heterocycles. The van der Waals surface area contributed by atoms with Gasteiger partial charge in [0, 0.05) is 18.4 Å². The monoisotopic (exact) mass is 283 g/mol. The molecule has 0 aromatic carbocycles. The third-order valence-electron chi connectivity index (χ3n) is 2.48. The number of allylic oxidation sites excluding steroid dienone is 1. The summed E-state index contributed by atoms with van der Waals surface area (Å²) in [6.45, 7) is 0. The lowest BCUT2D eigenvalue weighted by molar-refractivity contribution is 0.168. The number of hydrogen-bond acceptors (Lipinski definition) is 5. The normalized spacial score (nSPS) is 20.5. The molecule has 7 heteroatoms. The van der Waals surface area contributed by atoms with Crippen molar-refractivity contribution in [2.45, 2.75) is 6.10 Å². The number of nitrogens with one attached hydrogen (secondary N) is 1. The molecule has 1 atom stereocenters. The van der Waals surface area contributed by atoms with E-state index in [0.717, 1.165) is 12.5 Å². The van der Waals surface area contributed by atoms with E-state index in [-0.39, 0.29) is 17.2 Å². The van der Waals surface area contributed by atoms with Crippen LogP contribution in [0.5, 0.6) is 0 Å². The van der Waals surface area contributed by atoms with E-state index in [1.165, 1.54) is 7.11 Å². The van der Waals surface area contributed by atoms with Crippen LogP contribution in [0.1, 0.15) is 0 Å². The van der Waals surface area contributed by atoms with Gasteiger partial charge in [0.05, 0.1) is 12.5 Å². The fraction of sp³-hybridized carbons (Fsp3) is 0.167. The number of anilines is 1. The lowest BCUT2D eigenvalue weighted by Crippen LogP contribution is -2.15. The van der Waals surface area contributed by atoms with Crippen LogP contribution in [-0.4, -0.2) is 28.3 Å². The van der Waals surface area contributed by atoms with E-state index < -0.39 is 5.82 Å². The highest BCUT2D eigenvalue weighted by molar-refractivity contribution is 6.28. The summed E-state index contributed by atoms with van der Waals surface area (Å²) in [6, 6.07) is 0. The van der Waals surface area contributed by atoms with Crippen LogP contribution < -0.4 is 5.32 Å². The van der Waals surface area contributed by atoms with E-state index >= 15 is 0 Å². The number of aliphatic hydroxyl groups is 1. The third kappa shape index (κ3) is 3.10. The Morgan fingerprint density at radius 1 is 1.58 bits per heavy atom. The number of rotatable bonds is 3. The van der Waals surface area contributed by atoms with E-state index in [1.807, 2.05) is 0 Å². The quantitative estimate of drug-likeness (QED) is 0.659. The molecule has 1 aliphatic rings. The van der Waals surface area contributed by atoms with Crippen molar-refractivity contribution in [1.82, 2.24) is 9.97 Å². The first-order valence-electron chi connectivity index (χ1n) is 5.36. The second kappa shape index (κ2) is 5.81. The summed E-state index contributed by atoms with van der Waals surface area (Å²) in [5, 5.41) is 11.8. The fourth-order valence-electron chi connectivity index (χ4n) is 1.59. The summed E-state index contributed by atoms with van der Waals surface area (Å²) in [6.07, 6.45) is 6.59. The number of ether oxygens (including phenoxy) is 1. The molecule has 1 unspecified atom stereocenters. The van der Waals surface area contributed by atoms with Gasteiger partial charge in [-0.1, -0.05) is 0 Å². The van der Waals surface area contributed by atoms with Crippen LogP contribution in [0.4, 0.5) is 10.2 Å². The van der Waals surface area contributed by atoms with Crippen LogP contribution in [0, 0.1) is 5.82 Å². The first kappa shape index (κ1) is 13.5. The molecule has 0 bridgehead atoms. The molecule has 2 rings (SSSR count). The van der Waals surface area contributed by atoms with Crippen molar-refractivity contribution < 1.29 is 14.2 Å². The Morgan fingerprint density at radius 2 is 2.37 bits per heavy atom. The molecule has 19 heavy (non-hydrogen) atoms. The zero-order chi connectivity index (χ0) is 13.8. The molecule has 0 saturated carbocycles. The van der Waals surface area contributed by atoms with E-state index in [9.17, 15) is 4.39 Å². The SMILES string of the molecule is COC1C=CC(Nc2nc(Cl)ncc2F)=CC1=CO. The van der Waals surface area contributed by atoms with Crippen molar-refractivity contribution in [3.63, 3.8) is 0 Å². The topological polar surface area (TPSA) is 67.3 Å². The second-order valence-electron chi connectivity index (χ2n) is 3.70. The second-order valence-corrected chi connectivity index (χ2v) is 4.04. The van der Waals surface area contributed by atoms with Gasteiger partial charge in [-0.2, -0.15) is 4.98 Å². The Morgan fingerprint density at radius 3 is 3.05 bits per heavy atom. The van der Waals surface area contributed by atoms with Crippen LogP contribution in [-0.2, 0) is 4.74 Å². The zero-order valence-electron chi connectivity index (χ0n) is 9.97. The van der Waals surface area contributed by atoms with Crippen molar-refractivity contribution in [2.75, 3.05) is 12.4 Å². The summed E-state index contributed by atoms with van der Waals surface area (Å²) in [7, 11) is 1.52. The van der Waals surface area contributed by atoms with Crippen LogP contribution >= 0.6 is 11.6 Å². The lowest BCUT2D eigenvalue weighted by Gasteiger charge is -2.18. The summed E-state index contributed by atoms with van der Waals surface area (Å²) < 4.78 is 18.6. The average Bonchev–Trinajstić information content (AvgIpc) is 2.42. The molecule has 1 heterocycles. The summed E-state index contributed by atoms with van der Waals surface area (Å²) in [4.78, 5) is 7.26. The highest BCUT2D eigenvalue weighted by Gasteiger charge is 2.15. The summed E-state index contributed by atoms with van der Waals surface area (Å²) in [5.41, 5.74) is 1.08. The number of aromatic nitrogens is 2.